The molecule has 0 aliphatic carbocycles. The minimum atomic E-state index is -2.28. The molecule has 0 aromatic rings. The van der Waals surface area contributed by atoms with E-state index >= 15 is 0 Å². The van der Waals surface area contributed by atoms with Crippen molar-refractivity contribution in [3.8, 4) is 0 Å². The molecule has 6 nitrogen and oxygen atoms in total. The summed E-state index contributed by atoms with van der Waals surface area (Å²) in [6, 6.07) is 0. The maximum Gasteiger partial charge on any atom is 3.00 e. The van der Waals surface area contributed by atoms with Crippen molar-refractivity contribution in [1.82, 2.24) is 0 Å². The number of hydrogen-bond acceptors (Lipinski definition) is 6. The summed E-state index contributed by atoms with van der Waals surface area (Å²) >= 11 is 42.6. The van der Waals surface area contributed by atoms with E-state index in [1.807, 2.05) is 0 Å². The molecular formula is C6HCl13Fe2O6. The Labute approximate surface area is 244 Å². The van der Waals surface area contributed by atoms with Crippen LogP contribution in [-0.4, -0.2) is 29.3 Å². The second-order valence-electron chi connectivity index (χ2n) is 2.36. The number of halogens is 13. The summed E-state index contributed by atoms with van der Waals surface area (Å²) in [5.41, 5.74) is 0. The van der Waals surface area contributed by atoms with Crippen LogP contribution in [0.5, 0.6) is 0 Å². The molecule has 2 radical (unpaired) electrons. The molecule has 21 heteroatoms. The van der Waals surface area contributed by atoms with Gasteiger partial charge < -0.3 is 66.9 Å². The van der Waals surface area contributed by atoms with Crippen LogP contribution in [0, 0.1) is 0 Å². The molecule has 0 unspecified atom stereocenters. The molecule has 0 aliphatic rings. The van der Waals surface area contributed by atoms with E-state index in [0.717, 1.165) is 0 Å². The summed E-state index contributed by atoms with van der Waals surface area (Å²) in [7, 11) is 0. The first-order valence-electron chi connectivity index (χ1n) is 3.68. The molecule has 0 saturated carbocycles. The van der Waals surface area contributed by atoms with E-state index in [2.05, 4.69) is 0 Å². The van der Waals surface area contributed by atoms with E-state index in [9.17, 15) is 29.7 Å². The van der Waals surface area contributed by atoms with Gasteiger partial charge in [0.15, 0.2) is 0 Å². The molecule has 0 aliphatic heterocycles. The summed E-state index contributed by atoms with van der Waals surface area (Å²) in [5.74, 6) is -5.13. The zero-order valence-corrected chi connectivity index (χ0v) is 23.2. The SMILES string of the molecule is Cl.O=C([O-])C(Cl)(Cl)Cl.O=C([O-])C(Cl)(Cl)Cl.O=C([O-])C(Cl)(Cl)Cl.[Cl-].[Cl-].[Cl-].[Fe+3].[Fe+3]. The minimum Gasteiger partial charge on any atom is -1.00 e. The van der Waals surface area contributed by atoms with Gasteiger partial charge in [0.25, 0.3) is 0 Å². The molecule has 0 aromatic carbocycles. The zero-order chi connectivity index (χ0) is 18.2. The van der Waals surface area contributed by atoms with Gasteiger partial charge in [0.2, 0.25) is 11.4 Å². The number of aliphatic carboxylic acids is 3. The largest absolute Gasteiger partial charge is 3.00 e. The van der Waals surface area contributed by atoms with Crippen molar-refractivity contribution in [1.29, 1.82) is 0 Å². The smallest absolute Gasteiger partial charge is 1.00 e. The van der Waals surface area contributed by atoms with E-state index in [-0.39, 0.29) is 83.8 Å². The molecule has 0 aromatic heterocycles. The molecule has 0 heterocycles. The van der Waals surface area contributed by atoms with Gasteiger partial charge in [-0.05, 0) is 0 Å². The third kappa shape index (κ3) is 48.1. The van der Waals surface area contributed by atoms with Gasteiger partial charge in [-0.1, -0.05) is 104 Å². The monoisotopic (exact) mass is 735 g/mol. The number of carbonyl (C=O) groups excluding carboxylic acids is 3. The van der Waals surface area contributed by atoms with Gasteiger partial charge in [-0.2, -0.15) is 0 Å². The maximum atomic E-state index is 9.51. The van der Waals surface area contributed by atoms with E-state index in [0.29, 0.717) is 0 Å². The van der Waals surface area contributed by atoms with Gasteiger partial charge in [-0.3, -0.25) is 0 Å². The van der Waals surface area contributed by atoms with Gasteiger partial charge >= 0.3 is 34.1 Å². The summed E-state index contributed by atoms with van der Waals surface area (Å²) in [6.07, 6.45) is 0. The molecule has 168 valence electrons. The quantitative estimate of drug-likeness (QED) is 0.180. The summed E-state index contributed by atoms with van der Waals surface area (Å²) < 4.78 is -6.83. The summed E-state index contributed by atoms with van der Waals surface area (Å²) in [4.78, 5) is 28.5. The predicted octanol–water partition coefficient (Wildman–Crippen LogP) is -8.25. The Kier molecular flexibility index (Phi) is 54.1. The number of rotatable bonds is 0. The van der Waals surface area contributed by atoms with E-state index in [4.69, 9.17) is 104 Å². The minimum absolute atomic E-state index is 0. The number of alkyl halides is 9. The van der Waals surface area contributed by atoms with E-state index in [1.54, 1.807) is 0 Å². The van der Waals surface area contributed by atoms with Crippen LogP contribution in [0.3, 0.4) is 0 Å². The first-order valence-corrected chi connectivity index (χ1v) is 7.08. The second-order valence-corrected chi connectivity index (χ2v) is 9.20. The van der Waals surface area contributed by atoms with Crippen LogP contribution in [0.15, 0.2) is 0 Å². The molecule has 27 heavy (non-hydrogen) atoms. The van der Waals surface area contributed by atoms with Crippen LogP contribution < -0.4 is 52.5 Å². The molecule has 0 saturated heterocycles. The molecule has 0 N–H and O–H groups in total. The van der Waals surface area contributed by atoms with Crippen molar-refractivity contribution in [2.75, 3.05) is 0 Å². The standard InChI is InChI=1S/3C2HCl3O2.4ClH.2Fe/c3*3-2(4,5)1(6)7;;;;;;/h3*(H,6,7);4*1H;;/q;;;;;;;2*+3/p-6. The first kappa shape index (κ1) is 57.3. The maximum absolute atomic E-state index is 9.51. The van der Waals surface area contributed by atoms with E-state index < -0.39 is 29.3 Å². The number of hydrogen-bond donors (Lipinski definition) is 0. The van der Waals surface area contributed by atoms with Gasteiger partial charge in [0.05, 0.1) is 17.9 Å². The van der Waals surface area contributed by atoms with Crippen molar-refractivity contribution in [2.45, 2.75) is 11.4 Å². The molecule has 0 rings (SSSR count). The Morgan fingerprint density at radius 1 is 0.481 bits per heavy atom. The van der Waals surface area contributed by atoms with Crippen LogP contribution in [0.4, 0.5) is 0 Å². The van der Waals surface area contributed by atoms with Crippen LogP contribution in [-0.2, 0) is 48.5 Å². The normalized spacial score (nSPS) is 8.78. The number of carboxylic acid groups (broad SMARTS) is 3. The topological polar surface area (TPSA) is 120 Å². The van der Waals surface area contributed by atoms with Crippen LogP contribution in [0.1, 0.15) is 0 Å². The molecule has 0 amide bonds. The predicted molar refractivity (Wildman–Crippen MR) is 83.1 cm³/mol. The Bertz CT molecular complexity index is 322. The second kappa shape index (κ2) is 25.5. The molecule has 0 bridgehead atoms. The van der Waals surface area contributed by atoms with Gasteiger partial charge in [-0.25, -0.2) is 0 Å². The molecule has 0 spiro atoms. The summed E-state index contributed by atoms with van der Waals surface area (Å²) in [6.45, 7) is 0. The van der Waals surface area contributed by atoms with Gasteiger partial charge in [0.1, 0.15) is 0 Å². The Balaban J connectivity index is -0.0000000231. The van der Waals surface area contributed by atoms with Crippen molar-refractivity contribution < 1.29 is 101 Å². The van der Waals surface area contributed by atoms with Crippen molar-refractivity contribution in [3.05, 3.63) is 0 Å². The first-order chi connectivity index (χ1) is 8.83. The zero-order valence-electron chi connectivity index (χ0n) is 11.1. The number of carboxylic acids is 3. The average Bonchev–Trinajstić information content (AvgIpc) is 2.14. The fourth-order valence-corrected chi connectivity index (χ4v) is 0. The average molecular weight is 742 g/mol. The van der Waals surface area contributed by atoms with Crippen LogP contribution >= 0.6 is 117 Å². The molecule has 0 fully saturated rings. The number of carbonyl (C=O) groups is 3. The van der Waals surface area contributed by atoms with Crippen molar-refractivity contribution >= 4 is 135 Å². The summed E-state index contributed by atoms with van der Waals surface area (Å²) in [5, 5.41) is 28.5. The third-order valence-corrected chi connectivity index (χ3v) is 2.08. The van der Waals surface area contributed by atoms with Crippen LogP contribution in [0.2, 0.25) is 0 Å². The Hall–Kier alpha value is 3.22. The Morgan fingerprint density at radius 3 is 0.519 bits per heavy atom. The fourth-order valence-electron chi connectivity index (χ4n) is 0. The molecular weight excluding hydrogens is 741 g/mol. The fraction of sp³-hybridized carbons (Fsp3) is 0.500. The van der Waals surface area contributed by atoms with Crippen molar-refractivity contribution in [2.24, 2.45) is 0 Å². The van der Waals surface area contributed by atoms with Gasteiger partial charge in [0, 0.05) is 0 Å². The Morgan fingerprint density at radius 2 is 0.519 bits per heavy atom. The molecule has 0 atom stereocenters. The van der Waals surface area contributed by atoms with Crippen molar-refractivity contribution in [3.63, 3.8) is 0 Å². The van der Waals surface area contributed by atoms with Gasteiger partial charge in [-0.15, -0.1) is 12.4 Å². The van der Waals surface area contributed by atoms with E-state index in [1.165, 1.54) is 0 Å². The third-order valence-electron chi connectivity index (χ3n) is 0.694. The van der Waals surface area contributed by atoms with Crippen LogP contribution in [0.25, 0.3) is 0 Å².